The van der Waals surface area contributed by atoms with Gasteiger partial charge in [0.05, 0.1) is 11.2 Å². The predicted molar refractivity (Wildman–Crippen MR) is 79.3 cm³/mol. The third kappa shape index (κ3) is 2.17. The van der Waals surface area contributed by atoms with Crippen molar-refractivity contribution in [3.63, 3.8) is 0 Å². The molecule has 0 bridgehead atoms. The molecule has 3 heterocycles. The molecule has 0 aliphatic carbocycles. The van der Waals surface area contributed by atoms with Gasteiger partial charge in [0, 0.05) is 24.1 Å². The van der Waals surface area contributed by atoms with Crippen LogP contribution in [0, 0.1) is 0 Å². The number of pyridine rings is 1. The molecule has 1 aliphatic rings. The highest BCUT2D eigenvalue weighted by atomic mass is 16.7. The Morgan fingerprint density at radius 2 is 1.60 bits per heavy atom. The average Bonchev–Trinajstić information content (AvgIpc) is 2.97. The van der Waals surface area contributed by atoms with Gasteiger partial charge in [-0.15, -0.1) is 0 Å². The Morgan fingerprint density at radius 1 is 1.00 bits per heavy atom. The fourth-order valence-electron chi connectivity index (χ4n) is 2.16. The lowest BCUT2D eigenvalue weighted by Gasteiger charge is -2.32. The van der Waals surface area contributed by atoms with Crippen LogP contribution in [0.25, 0.3) is 5.82 Å². The van der Waals surface area contributed by atoms with E-state index in [1.165, 1.54) is 0 Å². The molecule has 2 aromatic rings. The largest absolute Gasteiger partial charge is 0.496 e. The van der Waals surface area contributed by atoms with Crippen molar-refractivity contribution in [2.45, 2.75) is 38.9 Å². The van der Waals surface area contributed by atoms with Gasteiger partial charge in [0.15, 0.2) is 0 Å². The second-order valence-corrected chi connectivity index (χ2v) is 6.13. The Labute approximate surface area is 119 Å². The molecule has 2 aromatic heterocycles. The topological polar surface area (TPSA) is 36.3 Å². The molecule has 0 unspecified atom stereocenters. The van der Waals surface area contributed by atoms with E-state index in [4.69, 9.17) is 9.31 Å². The number of nitrogens with zero attached hydrogens (tertiary/aromatic N) is 2. The summed E-state index contributed by atoms with van der Waals surface area (Å²) < 4.78 is 14.0. The van der Waals surface area contributed by atoms with Gasteiger partial charge in [-0.25, -0.2) is 4.98 Å². The summed E-state index contributed by atoms with van der Waals surface area (Å²) in [5, 5.41) is 0. The van der Waals surface area contributed by atoms with E-state index in [2.05, 4.69) is 32.7 Å². The summed E-state index contributed by atoms with van der Waals surface area (Å²) in [5.74, 6) is 0.885. The molecule has 3 rings (SSSR count). The summed E-state index contributed by atoms with van der Waals surface area (Å²) in [5.41, 5.74) is 0.299. The number of hydrogen-bond acceptors (Lipinski definition) is 3. The van der Waals surface area contributed by atoms with Crippen molar-refractivity contribution >= 4 is 12.6 Å². The molecular formula is C15H19BN2O2. The Bertz CT molecular complexity index is 575. The Hall–Kier alpha value is -1.59. The van der Waals surface area contributed by atoms with E-state index < -0.39 is 0 Å². The molecule has 5 heteroatoms. The zero-order valence-corrected chi connectivity index (χ0v) is 12.3. The molecule has 4 nitrogen and oxygen atoms in total. The smallest absolute Gasteiger partial charge is 0.399 e. The van der Waals surface area contributed by atoms with Crippen LogP contribution >= 0.6 is 0 Å². The molecule has 0 aromatic carbocycles. The molecule has 0 amide bonds. The van der Waals surface area contributed by atoms with Crippen LogP contribution in [0.2, 0.25) is 0 Å². The van der Waals surface area contributed by atoms with Crippen molar-refractivity contribution in [3.05, 3.63) is 42.9 Å². The zero-order valence-electron chi connectivity index (χ0n) is 12.3. The lowest BCUT2D eigenvalue weighted by molar-refractivity contribution is 0.00578. The van der Waals surface area contributed by atoms with E-state index >= 15 is 0 Å². The Morgan fingerprint density at radius 3 is 2.10 bits per heavy atom. The van der Waals surface area contributed by atoms with Crippen LogP contribution in [0.1, 0.15) is 27.7 Å². The number of aromatic nitrogens is 2. The maximum atomic E-state index is 6.01. The van der Waals surface area contributed by atoms with Crippen LogP contribution in [0.4, 0.5) is 0 Å². The molecule has 104 valence electrons. The number of hydrogen-bond donors (Lipinski definition) is 0. The van der Waals surface area contributed by atoms with Crippen LogP contribution in [-0.4, -0.2) is 27.9 Å². The van der Waals surface area contributed by atoms with Crippen LogP contribution in [0.3, 0.4) is 0 Å². The third-order valence-electron chi connectivity index (χ3n) is 4.17. The normalized spacial score (nSPS) is 20.3. The summed E-state index contributed by atoms with van der Waals surface area (Å²) in [7, 11) is -0.355. The minimum absolute atomic E-state index is 0.323. The minimum Gasteiger partial charge on any atom is -0.399 e. The van der Waals surface area contributed by atoms with Gasteiger partial charge in [0.25, 0.3) is 0 Å². The van der Waals surface area contributed by atoms with Crippen molar-refractivity contribution in [1.82, 2.24) is 9.55 Å². The van der Waals surface area contributed by atoms with E-state index in [0.29, 0.717) is 0 Å². The summed E-state index contributed by atoms with van der Waals surface area (Å²) >= 11 is 0. The zero-order chi connectivity index (χ0) is 14.4. The minimum atomic E-state index is -0.355. The first kappa shape index (κ1) is 13.4. The van der Waals surface area contributed by atoms with Crippen molar-refractivity contribution in [3.8, 4) is 5.82 Å². The van der Waals surface area contributed by atoms with Gasteiger partial charge in [-0.05, 0) is 45.9 Å². The lowest BCUT2D eigenvalue weighted by Crippen LogP contribution is -2.41. The van der Waals surface area contributed by atoms with Crippen molar-refractivity contribution in [2.75, 3.05) is 0 Å². The van der Waals surface area contributed by atoms with Gasteiger partial charge in [-0.3, -0.25) is 0 Å². The summed E-state index contributed by atoms with van der Waals surface area (Å²) in [6, 6.07) is 7.93. The van der Waals surface area contributed by atoms with Gasteiger partial charge >= 0.3 is 7.12 Å². The van der Waals surface area contributed by atoms with Crippen molar-refractivity contribution in [2.24, 2.45) is 0 Å². The maximum absolute atomic E-state index is 6.01. The standard InChI is InChI=1S/C15H19BN2O2/c1-14(2)15(3,4)20-16(19-14)12-7-8-13(17-11-12)18-9-5-6-10-18/h5-11H,1-4H3. The summed E-state index contributed by atoms with van der Waals surface area (Å²) in [4.78, 5) is 4.46. The highest BCUT2D eigenvalue weighted by Crippen LogP contribution is 2.36. The highest BCUT2D eigenvalue weighted by molar-refractivity contribution is 6.62. The third-order valence-corrected chi connectivity index (χ3v) is 4.17. The van der Waals surface area contributed by atoms with Crippen LogP contribution < -0.4 is 5.46 Å². The molecule has 1 aliphatic heterocycles. The SMILES string of the molecule is CC1(C)OB(c2ccc(-n3cccc3)nc2)OC1(C)C. The highest BCUT2D eigenvalue weighted by Gasteiger charge is 2.51. The molecule has 20 heavy (non-hydrogen) atoms. The summed E-state index contributed by atoms with van der Waals surface area (Å²) in [6.07, 6.45) is 5.76. The molecule has 0 spiro atoms. The quantitative estimate of drug-likeness (QED) is 0.785. The average molecular weight is 270 g/mol. The second-order valence-electron chi connectivity index (χ2n) is 6.13. The molecule has 0 saturated carbocycles. The molecule has 1 fully saturated rings. The van der Waals surface area contributed by atoms with Crippen molar-refractivity contribution in [1.29, 1.82) is 0 Å². The van der Waals surface area contributed by atoms with E-state index in [1.807, 2.05) is 47.4 Å². The van der Waals surface area contributed by atoms with E-state index in [1.54, 1.807) is 0 Å². The first-order valence-corrected chi connectivity index (χ1v) is 6.84. The van der Waals surface area contributed by atoms with E-state index in [9.17, 15) is 0 Å². The number of rotatable bonds is 2. The van der Waals surface area contributed by atoms with Gasteiger partial charge in [-0.2, -0.15) is 0 Å². The van der Waals surface area contributed by atoms with Crippen molar-refractivity contribution < 1.29 is 9.31 Å². The maximum Gasteiger partial charge on any atom is 0.496 e. The molecule has 0 atom stereocenters. The van der Waals surface area contributed by atoms with Crippen LogP contribution in [0.5, 0.6) is 0 Å². The van der Waals surface area contributed by atoms with Gasteiger partial charge in [0.2, 0.25) is 0 Å². The van der Waals surface area contributed by atoms with E-state index in [-0.39, 0.29) is 18.3 Å². The predicted octanol–water partition coefficient (Wildman–Crippen LogP) is 2.17. The van der Waals surface area contributed by atoms with Gasteiger partial charge in [0.1, 0.15) is 5.82 Å². The Balaban J connectivity index is 1.83. The first-order valence-electron chi connectivity index (χ1n) is 6.84. The van der Waals surface area contributed by atoms with Gasteiger partial charge in [-0.1, -0.05) is 6.07 Å². The fraction of sp³-hybridized carbons (Fsp3) is 0.400. The monoisotopic (exact) mass is 270 g/mol. The van der Waals surface area contributed by atoms with E-state index in [0.717, 1.165) is 11.3 Å². The Kier molecular flexibility index (Phi) is 2.99. The first-order chi connectivity index (χ1) is 9.39. The molecule has 1 saturated heterocycles. The van der Waals surface area contributed by atoms with Gasteiger partial charge < -0.3 is 13.9 Å². The molecule has 0 N–H and O–H groups in total. The second kappa shape index (κ2) is 4.47. The van der Waals surface area contributed by atoms with Crippen LogP contribution in [0.15, 0.2) is 42.9 Å². The molecular weight excluding hydrogens is 251 g/mol. The van der Waals surface area contributed by atoms with Crippen LogP contribution in [-0.2, 0) is 9.31 Å². The fourth-order valence-corrected chi connectivity index (χ4v) is 2.16. The summed E-state index contributed by atoms with van der Waals surface area (Å²) in [6.45, 7) is 8.20. The molecule has 0 radical (unpaired) electrons. The lowest BCUT2D eigenvalue weighted by atomic mass is 9.80.